The number of carbonyl (C=O) groups is 1. The van der Waals surface area contributed by atoms with Crippen molar-refractivity contribution in [1.82, 2.24) is 10.2 Å². The maximum Gasteiger partial charge on any atom is 0.410 e. The largest absolute Gasteiger partial charge is 0.483 e. The molecule has 2 fully saturated rings. The van der Waals surface area contributed by atoms with Crippen LogP contribution in [0.15, 0.2) is 109 Å². The predicted octanol–water partition coefficient (Wildman–Crippen LogP) is 6.22. The second-order valence-corrected chi connectivity index (χ2v) is 13.4. The lowest BCUT2D eigenvalue weighted by molar-refractivity contribution is -0.0839. The molecule has 4 unspecified atom stereocenters. The van der Waals surface area contributed by atoms with Crippen LogP contribution in [0.1, 0.15) is 55.2 Å². The number of hydrogen-bond acceptors (Lipinski definition) is 9. The van der Waals surface area contributed by atoms with Crippen molar-refractivity contribution in [1.29, 1.82) is 0 Å². The second kappa shape index (κ2) is 18.7. The highest BCUT2D eigenvalue weighted by molar-refractivity contribution is 5.68. The monoisotopic (exact) mass is 698 g/mol. The molecule has 51 heavy (non-hydrogen) atoms. The topological polar surface area (TPSA) is 119 Å². The normalized spacial score (nSPS) is 18.8. The number of amides is 1. The summed E-state index contributed by atoms with van der Waals surface area (Å²) in [6, 6.07) is 34.8. The Hall–Kier alpha value is -4.45. The van der Waals surface area contributed by atoms with E-state index in [2.05, 4.69) is 5.32 Å². The van der Waals surface area contributed by atoms with Crippen molar-refractivity contribution in [2.24, 2.45) is 0 Å². The lowest BCUT2D eigenvalue weighted by atomic mass is 10.0. The standard InChI is InChI=1S/C23H29NO5.C18H21NO3/c1-23(2,3)29-22(26)24-13-14-27-20(15-24)21(17-9-5-4-6-10-17)28-19-12-8-7-11-18(19)16-25;20-13-15-8-4-5-9-16(15)22-18(14-6-2-1-3-7-14)17-12-19-10-11-21-17/h4-12,20-21,25H,13-16H2,1-3H3;1-9,17-20H,10-13H2. The van der Waals surface area contributed by atoms with E-state index in [1.165, 1.54) is 0 Å². The molecule has 4 atom stereocenters. The third kappa shape index (κ3) is 11.0. The fraction of sp³-hybridized carbons (Fsp3) is 0.390. The Morgan fingerprint density at radius 2 is 1.24 bits per heavy atom. The highest BCUT2D eigenvalue weighted by Gasteiger charge is 2.35. The zero-order valence-electron chi connectivity index (χ0n) is 29.6. The number of carbonyl (C=O) groups excluding carboxylic acids is 1. The van der Waals surface area contributed by atoms with E-state index in [9.17, 15) is 15.0 Å². The van der Waals surface area contributed by atoms with Crippen LogP contribution in [0.2, 0.25) is 0 Å². The van der Waals surface area contributed by atoms with Crippen LogP contribution in [-0.4, -0.2) is 78.4 Å². The zero-order valence-corrected chi connectivity index (χ0v) is 29.6. The van der Waals surface area contributed by atoms with Gasteiger partial charge in [-0.25, -0.2) is 4.79 Å². The Labute approximate surface area is 300 Å². The van der Waals surface area contributed by atoms with Crippen LogP contribution in [0.3, 0.4) is 0 Å². The van der Waals surface area contributed by atoms with Crippen molar-refractivity contribution in [2.45, 2.75) is 64.0 Å². The molecule has 2 aliphatic rings. The molecule has 0 aromatic heterocycles. The summed E-state index contributed by atoms with van der Waals surface area (Å²) >= 11 is 0. The molecule has 10 heteroatoms. The number of morpholine rings is 2. The number of nitrogens with zero attached hydrogens (tertiary/aromatic N) is 1. The first-order chi connectivity index (χ1) is 24.8. The summed E-state index contributed by atoms with van der Waals surface area (Å²) < 4.78 is 30.0. The van der Waals surface area contributed by atoms with Crippen LogP contribution < -0.4 is 14.8 Å². The number of aliphatic hydroxyl groups excluding tert-OH is 2. The molecule has 4 aromatic carbocycles. The third-order valence-corrected chi connectivity index (χ3v) is 8.43. The van der Waals surface area contributed by atoms with Gasteiger partial charge >= 0.3 is 6.09 Å². The molecular weight excluding hydrogens is 648 g/mol. The molecule has 2 aliphatic heterocycles. The van der Waals surface area contributed by atoms with Crippen molar-refractivity contribution in [3.63, 3.8) is 0 Å². The van der Waals surface area contributed by atoms with E-state index in [0.717, 1.165) is 29.8 Å². The van der Waals surface area contributed by atoms with Crippen molar-refractivity contribution in [3.05, 3.63) is 131 Å². The van der Waals surface area contributed by atoms with Gasteiger partial charge in [-0.2, -0.15) is 0 Å². The minimum absolute atomic E-state index is 0.0402. The number of para-hydroxylation sites is 2. The van der Waals surface area contributed by atoms with Gasteiger partial charge in [0, 0.05) is 30.8 Å². The maximum atomic E-state index is 12.6. The highest BCUT2D eigenvalue weighted by Crippen LogP contribution is 2.32. The Morgan fingerprint density at radius 1 is 0.745 bits per heavy atom. The van der Waals surface area contributed by atoms with E-state index in [1.807, 2.05) is 130 Å². The summed E-state index contributed by atoms with van der Waals surface area (Å²) in [5, 5.41) is 22.5. The van der Waals surface area contributed by atoms with Gasteiger partial charge in [0.1, 0.15) is 29.3 Å². The number of aliphatic hydroxyl groups is 2. The molecular formula is C41H50N2O8. The molecule has 2 saturated heterocycles. The van der Waals surface area contributed by atoms with E-state index in [1.54, 1.807) is 4.90 Å². The first-order valence-corrected chi connectivity index (χ1v) is 17.5. The van der Waals surface area contributed by atoms with Gasteiger partial charge in [-0.1, -0.05) is 97.1 Å². The van der Waals surface area contributed by atoms with Gasteiger partial charge in [0.2, 0.25) is 0 Å². The number of nitrogens with one attached hydrogen (secondary N) is 1. The Kier molecular flexibility index (Phi) is 13.9. The quantitative estimate of drug-likeness (QED) is 0.177. The molecule has 0 spiro atoms. The molecule has 1 amide bonds. The molecule has 0 bridgehead atoms. The van der Waals surface area contributed by atoms with Gasteiger partial charge in [0.05, 0.1) is 33.0 Å². The van der Waals surface area contributed by atoms with E-state index >= 15 is 0 Å². The average Bonchev–Trinajstić information content (AvgIpc) is 3.17. The zero-order chi connectivity index (χ0) is 36.1. The van der Waals surface area contributed by atoms with Crippen LogP contribution in [-0.2, 0) is 27.4 Å². The fourth-order valence-electron chi connectivity index (χ4n) is 5.91. The lowest BCUT2D eigenvalue weighted by Gasteiger charge is -2.37. The van der Waals surface area contributed by atoms with Gasteiger partial charge in [0.25, 0.3) is 0 Å². The van der Waals surface area contributed by atoms with E-state index in [0.29, 0.717) is 43.4 Å². The highest BCUT2D eigenvalue weighted by atomic mass is 16.6. The summed E-state index contributed by atoms with van der Waals surface area (Å²) in [7, 11) is 0. The van der Waals surface area contributed by atoms with Crippen LogP contribution in [0.25, 0.3) is 0 Å². The van der Waals surface area contributed by atoms with E-state index < -0.39 is 11.7 Å². The summed E-state index contributed by atoms with van der Waals surface area (Å²) in [4.78, 5) is 14.2. The SMILES string of the molecule is CC(C)(C)OC(=O)N1CCOC(C(Oc2ccccc2CO)c2ccccc2)C1.OCc1ccccc1OC(c1ccccc1)C1CNCCO1. The molecule has 4 aromatic rings. The minimum Gasteiger partial charge on any atom is -0.483 e. The molecule has 272 valence electrons. The van der Waals surface area contributed by atoms with Crippen molar-refractivity contribution >= 4 is 6.09 Å². The van der Waals surface area contributed by atoms with Gasteiger partial charge in [-0.15, -0.1) is 0 Å². The molecule has 0 saturated carbocycles. The number of benzene rings is 4. The molecule has 10 nitrogen and oxygen atoms in total. The first-order valence-electron chi connectivity index (χ1n) is 17.5. The van der Waals surface area contributed by atoms with Gasteiger partial charge in [-0.05, 0) is 44.0 Å². The van der Waals surface area contributed by atoms with Crippen molar-refractivity contribution in [3.8, 4) is 11.5 Å². The molecule has 0 aliphatic carbocycles. The molecule has 0 radical (unpaired) electrons. The number of rotatable bonds is 10. The second-order valence-electron chi connectivity index (χ2n) is 13.4. The minimum atomic E-state index is -0.555. The van der Waals surface area contributed by atoms with Gasteiger partial charge in [-0.3, -0.25) is 0 Å². The van der Waals surface area contributed by atoms with E-state index in [4.69, 9.17) is 23.7 Å². The number of ether oxygens (including phenoxy) is 5. The number of hydrogen-bond donors (Lipinski definition) is 3. The summed E-state index contributed by atoms with van der Waals surface area (Å²) in [6.45, 7) is 8.92. The first kappa shape index (κ1) is 37.8. The summed E-state index contributed by atoms with van der Waals surface area (Å²) in [6.07, 6.45) is -1.42. The predicted molar refractivity (Wildman–Crippen MR) is 195 cm³/mol. The van der Waals surface area contributed by atoms with Crippen LogP contribution >= 0.6 is 0 Å². The van der Waals surface area contributed by atoms with Crippen LogP contribution in [0.4, 0.5) is 4.79 Å². The van der Waals surface area contributed by atoms with Crippen molar-refractivity contribution < 1.29 is 38.7 Å². The van der Waals surface area contributed by atoms with E-state index in [-0.39, 0.29) is 37.6 Å². The third-order valence-electron chi connectivity index (χ3n) is 8.43. The van der Waals surface area contributed by atoms with Crippen molar-refractivity contribution in [2.75, 3.05) is 39.4 Å². The summed E-state index contributed by atoms with van der Waals surface area (Å²) in [5.41, 5.74) is 2.95. The maximum absolute atomic E-state index is 12.6. The lowest BCUT2D eigenvalue weighted by Crippen LogP contribution is -2.50. The molecule has 3 N–H and O–H groups in total. The van der Waals surface area contributed by atoms with Gasteiger partial charge < -0.3 is 44.1 Å². The fourth-order valence-corrected chi connectivity index (χ4v) is 5.91. The molecule has 2 heterocycles. The van der Waals surface area contributed by atoms with Crippen LogP contribution in [0, 0.1) is 0 Å². The smallest absolute Gasteiger partial charge is 0.410 e. The van der Waals surface area contributed by atoms with Crippen LogP contribution in [0.5, 0.6) is 11.5 Å². The Bertz CT molecular complexity index is 1630. The Morgan fingerprint density at radius 3 is 1.73 bits per heavy atom. The average molecular weight is 699 g/mol. The summed E-state index contributed by atoms with van der Waals surface area (Å²) in [5.74, 6) is 1.30. The van der Waals surface area contributed by atoms with Gasteiger partial charge in [0.15, 0.2) is 12.2 Å². The molecule has 6 rings (SSSR count). The Balaban J connectivity index is 0.000000205.